The second-order valence-corrected chi connectivity index (χ2v) is 8.07. The minimum Gasteiger partial charge on any atom is -0.456 e. The van der Waals surface area contributed by atoms with E-state index in [1.165, 1.54) is 33.7 Å². The first kappa shape index (κ1) is 23.8. The van der Waals surface area contributed by atoms with E-state index in [-0.39, 0.29) is 18.7 Å². The highest BCUT2D eigenvalue weighted by molar-refractivity contribution is 6.30. The lowest BCUT2D eigenvalue weighted by Crippen LogP contribution is -2.40. The van der Waals surface area contributed by atoms with E-state index in [9.17, 15) is 14.4 Å². The van der Waals surface area contributed by atoms with Crippen LogP contribution in [0.1, 0.15) is 22.8 Å². The molecular weight excluding hydrogens is 470 g/mol. The van der Waals surface area contributed by atoms with E-state index in [0.29, 0.717) is 28.0 Å². The maximum Gasteiger partial charge on any atom is 0.332 e. The smallest absolute Gasteiger partial charge is 0.332 e. The SMILES string of the molecule is CCn1c(=O)cc(Nc2ccc(Oc3cncc(C(N)=O)c3)cc2)n(Cc2ccc(Cl)cc2)c1=O. The summed E-state index contributed by atoms with van der Waals surface area (Å²) >= 11 is 5.98. The van der Waals surface area contributed by atoms with Crippen LogP contribution in [0, 0.1) is 0 Å². The number of rotatable bonds is 8. The number of aromatic nitrogens is 3. The van der Waals surface area contributed by atoms with Crippen molar-refractivity contribution in [2.45, 2.75) is 20.0 Å². The molecule has 0 aliphatic heterocycles. The van der Waals surface area contributed by atoms with Crippen molar-refractivity contribution < 1.29 is 9.53 Å². The molecule has 0 fully saturated rings. The van der Waals surface area contributed by atoms with Crippen LogP contribution in [-0.4, -0.2) is 20.0 Å². The molecule has 4 aromatic rings. The average Bonchev–Trinajstić information content (AvgIpc) is 2.84. The van der Waals surface area contributed by atoms with Crippen LogP contribution >= 0.6 is 11.6 Å². The van der Waals surface area contributed by atoms with E-state index in [1.807, 2.05) is 12.1 Å². The molecular formula is C25H22ClN5O4. The molecule has 0 aliphatic carbocycles. The van der Waals surface area contributed by atoms with Gasteiger partial charge in [0.15, 0.2) is 0 Å². The number of pyridine rings is 1. The Bertz CT molecular complexity index is 1480. The van der Waals surface area contributed by atoms with Gasteiger partial charge in [0.05, 0.1) is 18.3 Å². The van der Waals surface area contributed by atoms with Crippen molar-refractivity contribution >= 4 is 29.0 Å². The third-order valence-electron chi connectivity index (χ3n) is 5.21. The molecule has 1 amide bonds. The Kier molecular flexibility index (Phi) is 6.98. The number of anilines is 2. The van der Waals surface area contributed by atoms with E-state index >= 15 is 0 Å². The number of nitrogens with zero attached hydrogens (tertiary/aromatic N) is 3. The van der Waals surface area contributed by atoms with Crippen molar-refractivity contribution in [3.05, 3.63) is 110 Å². The molecule has 0 aliphatic rings. The van der Waals surface area contributed by atoms with Crippen LogP contribution in [0.25, 0.3) is 0 Å². The second kappa shape index (κ2) is 10.3. The minimum atomic E-state index is -0.600. The largest absolute Gasteiger partial charge is 0.456 e. The van der Waals surface area contributed by atoms with Crippen molar-refractivity contribution in [1.82, 2.24) is 14.1 Å². The third kappa shape index (κ3) is 5.59. The maximum absolute atomic E-state index is 13.0. The fourth-order valence-corrected chi connectivity index (χ4v) is 3.56. The molecule has 9 nitrogen and oxygen atoms in total. The Balaban J connectivity index is 1.60. The summed E-state index contributed by atoms with van der Waals surface area (Å²) in [4.78, 5) is 40.8. The lowest BCUT2D eigenvalue weighted by Gasteiger charge is -2.17. The van der Waals surface area contributed by atoms with Gasteiger partial charge in [-0.25, -0.2) is 4.79 Å². The highest BCUT2D eigenvalue weighted by atomic mass is 35.5. The Labute approximate surface area is 205 Å². The molecule has 2 aromatic heterocycles. The number of benzene rings is 2. The predicted octanol–water partition coefficient (Wildman–Crippen LogP) is 3.76. The van der Waals surface area contributed by atoms with Gasteiger partial charge in [0, 0.05) is 29.5 Å². The number of nitrogens with two attached hydrogens (primary N) is 1. The van der Waals surface area contributed by atoms with Gasteiger partial charge < -0.3 is 15.8 Å². The van der Waals surface area contributed by atoms with Crippen molar-refractivity contribution in [3.8, 4) is 11.5 Å². The van der Waals surface area contributed by atoms with E-state index in [4.69, 9.17) is 22.1 Å². The zero-order valence-corrected chi connectivity index (χ0v) is 19.5. The van der Waals surface area contributed by atoms with E-state index in [1.54, 1.807) is 43.3 Å². The fourth-order valence-electron chi connectivity index (χ4n) is 3.44. The number of ether oxygens (including phenoxy) is 1. The number of hydrogen-bond acceptors (Lipinski definition) is 6. The van der Waals surface area contributed by atoms with Crippen molar-refractivity contribution in [3.63, 3.8) is 0 Å². The molecule has 178 valence electrons. The monoisotopic (exact) mass is 491 g/mol. The zero-order valence-electron chi connectivity index (χ0n) is 18.8. The first-order valence-corrected chi connectivity index (χ1v) is 11.1. The normalized spacial score (nSPS) is 10.7. The highest BCUT2D eigenvalue weighted by Crippen LogP contribution is 2.24. The molecule has 4 rings (SSSR count). The number of nitrogens with one attached hydrogen (secondary N) is 1. The second-order valence-electron chi connectivity index (χ2n) is 7.63. The highest BCUT2D eigenvalue weighted by Gasteiger charge is 2.12. The molecule has 0 bridgehead atoms. The molecule has 0 saturated carbocycles. The molecule has 35 heavy (non-hydrogen) atoms. The van der Waals surface area contributed by atoms with Crippen molar-refractivity contribution in [2.75, 3.05) is 5.32 Å². The van der Waals surface area contributed by atoms with Crippen molar-refractivity contribution in [1.29, 1.82) is 0 Å². The number of primary amides is 1. The van der Waals surface area contributed by atoms with Gasteiger partial charge >= 0.3 is 5.69 Å². The Morgan fingerprint density at radius 3 is 2.37 bits per heavy atom. The molecule has 0 unspecified atom stereocenters. The molecule has 0 spiro atoms. The van der Waals surface area contributed by atoms with Gasteiger partial charge in [-0.05, 0) is 55.0 Å². The van der Waals surface area contributed by atoms with Crippen molar-refractivity contribution in [2.24, 2.45) is 5.73 Å². The molecule has 0 atom stereocenters. The van der Waals surface area contributed by atoms with Crippen LogP contribution in [-0.2, 0) is 13.1 Å². The van der Waals surface area contributed by atoms with Crippen LogP contribution in [0.2, 0.25) is 5.02 Å². The Hall–Kier alpha value is -4.37. The first-order valence-electron chi connectivity index (χ1n) is 10.7. The maximum atomic E-state index is 13.0. The van der Waals surface area contributed by atoms with Gasteiger partial charge in [0.1, 0.15) is 17.3 Å². The van der Waals surface area contributed by atoms with Gasteiger partial charge in [0.2, 0.25) is 5.91 Å². The van der Waals surface area contributed by atoms with E-state index < -0.39 is 17.2 Å². The lowest BCUT2D eigenvalue weighted by molar-refractivity contribution is 0.0999. The molecule has 0 saturated heterocycles. The summed E-state index contributed by atoms with van der Waals surface area (Å²) in [5, 5.41) is 3.74. The number of amides is 1. The molecule has 2 heterocycles. The summed E-state index contributed by atoms with van der Waals surface area (Å²) in [5.41, 5.74) is 6.20. The van der Waals surface area contributed by atoms with Gasteiger partial charge in [-0.1, -0.05) is 23.7 Å². The van der Waals surface area contributed by atoms with Crippen LogP contribution in [0.4, 0.5) is 11.5 Å². The van der Waals surface area contributed by atoms with Gasteiger partial charge in [0.25, 0.3) is 5.56 Å². The summed E-state index contributed by atoms with van der Waals surface area (Å²) in [6.07, 6.45) is 2.83. The predicted molar refractivity (Wildman–Crippen MR) is 134 cm³/mol. The minimum absolute atomic E-state index is 0.237. The molecule has 2 aromatic carbocycles. The summed E-state index contributed by atoms with van der Waals surface area (Å²) in [6, 6.07) is 16.9. The van der Waals surface area contributed by atoms with Crippen LogP contribution in [0.3, 0.4) is 0 Å². The first-order chi connectivity index (χ1) is 16.8. The van der Waals surface area contributed by atoms with Gasteiger partial charge in [-0.3, -0.25) is 23.7 Å². The third-order valence-corrected chi connectivity index (χ3v) is 5.46. The zero-order chi connectivity index (χ0) is 24.9. The topological polar surface area (TPSA) is 121 Å². The summed E-state index contributed by atoms with van der Waals surface area (Å²) in [5.74, 6) is 0.615. The van der Waals surface area contributed by atoms with E-state index in [2.05, 4.69) is 10.3 Å². The van der Waals surface area contributed by atoms with E-state index in [0.717, 1.165) is 5.56 Å². The average molecular weight is 492 g/mol. The van der Waals surface area contributed by atoms with Crippen LogP contribution < -0.4 is 27.0 Å². The Morgan fingerprint density at radius 2 is 1.71 bits per heavy atom. The quantitative estimate of drug-likeness (QED) is 0.387. The van der Waals surface area contributed by atoms with Crippen LogP contribution in [0.5, 0.6) is 11.5 Å². The number of hydrogen-bond donors (Lipinski definition) is 2. The summed E-state index contributed by atoms with van der Waals surface area (Å²) < 4.78 is 8.41. The molecule has 3 N–H and O–H groups in total. The lowest BCUT2D eigenvalue weighted by atomic mass is 10.2. The molecule has 10 heteroatoms. The molecule has 0 radical (unpaired) electrons. The fraction of sp³-hybridized carbons (Fsp3) is 0.120. The number of halogens is 1. The number of carbonyl (C=O) groups excluding carboxylic acids is 1. The number of carbonyl (C=O) groups is 1. The summed E-state index contributed by atoms with van der Waals surface area (Å²) in [7, 11) is 0. The summed E-state index contributed by atoms with van der Waals surface area (Å²) in [6.45, 7) is 2.26. The van der Waals surface area contributed by atoms with Gasteiger partial charge in [-0.2, -0.15) is 0 Å². The van der Waals surface area contributed by atoms with Crippen LogP contribution in [0.15, 0.2) is 82.6 Å². The van der Waals surface area contributed by atoms with Gasteiger partial charge in [-0.15, -0.1) is 0 Å². The standard InChI is InChI=1S/C25H22ClN5O4/c1-2-30-23(32)12-22(31(25(30)34)15-16-3-5-18(26)6-4-16)29-19-7-9-20(10-8-19)35-21-11-17(24(27)33)13-28-14-21/h3-14,29H,2,15H2,1H3,(H2,27,33). The Morgan fingerprint density at radius 1 is 1.00 bits per heavy atom.